The van der Waals surface area contributed by atoms with Gasteiger partial charge in [-0.05, 0) is 45.7 Å². The zero-order chi connectivity index (χ0) is 16.3. The van der Waals surface area contributed by atoms with Crippen LogP contribution in [0.4, 0.5) is 11.4 Å². The summed E-state index contributed by atoms with van der Waals surface area (Å²) in [7, 11) is 0. The number of ether oxygens (including phenoxy) is 1. The maximum Gasteiger partial charge on any atom is 0.287 e. The first-order chi connectivity index (χ1) is 10.3. The molecule has 1 aromatic rings. The maximum atomic E-state index is 10.9. The summed E-state index contributed by atoms with van der Waals surface area (Å²) >= 11 is 0. The van der Waals surface area contributed by atoms with Crippen LogP contribution in [-0.4, -0.2) is 29.7 Å². The number of nitro benzene ring substituents is 1. The fourth-order valence-corrected chi connectivity index (χ4v) is 2.70. The zero-order valence-corrected chi connectivity index (χ0v) is 13.2. The molecule has 1 aliphatic rings. The van der Waals surface area contributed by atoms with Crippen molar-refractivity contribution in [2.24, 2.45) is 0 Å². The highest BCUT2D eigenvalue weighted by atomic mass is 16.6. The number of nitrogens with zero attached hydrogens (tertiary/aromatic N) is 3. The smallest absolute Gasteiger partial charge is 0.287 e. The zero-order valence-electron chi connectivity index (χ0n) is 13.2. The van der Waals surface area contributed by atoms with Gasteiger partial charge in [0.25, 0.3) is 5.69 Å². The van der Waals surface area contributed by atoms with Crippen LogP contribution in [0.3, 0.4) is 0 Å². The number of anilines is 1. The molecule has 0 amide bonds. The summed E-state index contributed by atoms with van der Waals surface area (Å²) in [6, 6.07) is 6.62. The van der Waals surface area contributed by atoms with E-state index in [2.05, 4.69) is 25.7 Å². The first kappa shape index (κ1) is 16.2. The second-order valence-corrected chi connectivity index (χ2v) is 6.49. The van der Waals surface area contributed by atoms with E-state index in [0.717, 1.165) is 31.6 Å². The van der Waals surface area contributed by atoms with Crippen molar-refractivity contribution in [3.05, 3.63) is 33.9 Å². The minimum absolute atomic E-state index is 0.107. The Balaban J connectivity index is 2.06. The molecule has 1 heterocycles. The molecule has 1 saturated heterocycles. The summed E-state index contributed by atoms with van der Waals surface area (Å²) in [6.45, 7) is 7.80. The molecule has 0 unspecified atom stereocenters. The van der Waals surface area contributed by atoms with Gasteiger partial charge in [0, 0.05) is 24.8 Å². The molecule has 0 N–H and O–H groups in total. The van der Waals surface area contributed by atoms with Gasteiger partial charge in [-0.15, -0.1) is 0 Å². The van der Waals surface area contributed by atoms with Crippen LogP contribution < -0.4 is 4.90 Å². The van der Waals surface area contributed by atoms with Gasteiger partial charge in [0.1, 0.15) is 11.6 Å². The normalized spacial score (nSPS) is 16.4. The third-order valence-corrected chi connectivity index (χ3v) is 3.62. The molecule has 0 saturated carbocycles. The number of hydrogen-bond donors (Lipinski definition) is 0. The predicted molar refractivity (Wildman–Crippen MR) is 83.9 cm³/mol. The van der Waals surface area contributed by atoms with Crippen molar-refractivity contribution < 1.29 is 9.66 Å². The van der Waals surface area contributed by atoms with Crippen molar-refractivity contribution in [2.75, 3.05) is 18.0 Å². The van der Waals surface area contributed by atoms with Crippen LogP contribution in [0.1, 0.15) is 39.2 Å². The van der Waals surface area contributed by atoms with Gasteiger partial charge < -0.3 is 9.64 Å². The lowest BCUT2D eigenvalue weighted by atomic mass is 10.0. The summed E-state index contributed by atoms with van der Waals surface area (Å²) in [5, 5.41) is 19.9. The quantitative estimate of drug-likeness (QED) is 0.632. The summed E-state index contributed by atoms with van der Waals surface area (Å²) < 4.78 is 5.99. The SMILES string of the molecule is CC(C)(C)OC1CCN(c2ccc([N+](=O)[O-])c(C#N)c2)CC1. The lowest BCUT2D eigenvalue weighted by Crippen LogP contribution is -2.40. The van der Waals surface area contributed by atoms with Crippen molar-refractivity contribution in [2.45, 2.75) is 45.3 Å². The Bertz CT molecular complexity index is 594. The lowest BCUT2D eigenvalue weighted by molar-refractivity contribution is -0.385. The minimum atomic E-state index is -0.522. The minimum Gasteiger partial charge on any atom is -0.372 e. The lowest BCUT2D eigenvalue weighted by Gasteiger charge is -2.36. The average molecular weight is 303 g/mol. The number of piperidine rings is 1. The first-order valence-electron chi connectivity index (χ1n) is 7.41. The Labute approximate surface area is 130 Å². The first-order valence-corrected chi connectivity index (χ1v) is 7.41. The molecule has 0 spiro atoms. The molecule has 22 heavy (non-hydrogen) atoms. The molecule has 6 nitrogen and oxygen atoms in total. The molecule has 0 radical (unpaired) electrons. The summed E-state index contributed by atoms with van der Waals surface area (Å²) in [5.74, 6) is 0. The van der Waals surface area contributed by atoms with Crippen molar-refractivity contribution >= 4 is 11.4 Å². The standard InChI is InChI=1S/C16H21N3O3/c1-16(2,3)22-14-6-8-18(9-7-14)13-4-5-15(19(20)21)12(10-13)11-17/h4-5,10,14H,6-9H2,1-3H3. The van der Waals surface area contributed by atoms with Gasteiger partial charge in [-0.1, -0.05) is 0 Å². The van der Waals surface area contributed by atoms with E-state index in [4.69, 9.17) is 10.00 Å². The van der Waals surface area contributed by atoms with E-state index in [1.54, 1.807) is 12.1 Å². The third-order valence-electron chi connectivity index (χ3n) is 3.62. The van der Waals surface area contributed by atoms with E-state index in [-0.39, 0.29) is 23.0 Å². The van der Waals surface area contributed by atoms with Crippen molar-refractivity contribution in [1.82, 2.24) is 0 Å². The van der Waals surface area contributed by atoms with Gasteiger partial charge >= 0.3 is 0 Å². The van der Waals surface area contributed by atoms with Crippen LogP contribution in [0.15, 0.2) is 18.2 Å². The van der Waals surface area contributed by atoms with Crippen LogP contribution in [0.25, 0.3) is 0 Å². The van der Waals surface area contributed by atoms with E-state index in [9.17, 15) is 10.1 Å². The number of hydrogen-bond acceptors (Lipinski definition) is 5. The summed E-state index contributed by atoms with van der Waals surface area (Å²) in [6.07, 6.45) is 2.07. The van der Waals surface area contributed by atoms with Gasteiger partial charge in [0.05, 0.1) is 16.6 Å². The molecule has 1 fully saturated rings. The van der Waals surface area contributed by atoms with E-state index in [1.807, 2.05) is 6.07 Å². The number of rotatable bonds is 3. The Kier molecular flexibility index (Phi) is 4.67. The molecule has 0 aromatic heterocycles. The Hall–Kier alpha value is -2.13. The van der Waals surface area contributed by atoms with Gasteiger partial charge in [0.15, 0.2) is 0 Å². The Morgan fingerprint density at radius 3 is 2.50 bits per heavy atom. The Morgan fingerprint density at radius 1 is 1.36 bits per heavy atom. The fourth-order valence-electron chi connectivity index (χ4n) is 2.70. The van der Waals surface area contributed by atoms with Crippen LogP contribution in [-0.2, 0) is 4.74 Å². The highest BCUT2D eigenvalue weighted by Gasteiger charge is 2.25. The van der Waals surface area contributed by atoms with Gasteiger partial charge in [0.2, 0.25) is 0 Å². The van der Waals surface area contributed by atoms with Crippen molar-refractivity contribution in [3.63, 3.8) is 0 Å². The number of benzene rings is 1. The maximum absolute atomic E-state index is 10.9. The molecule has 118 valence electrons. The average Bonchev–Trinajstić information content (AvgIpc) is 2.45. The van der Waals surface area contributed by atoms with E-state index < -0.39 is 4.92 Å². The molecule has 0 atom stereocenters. The van der Waals surface area contributed by atoms with Crippen LogP contribution in [0, 0.1) is 21.4 Å². The van der Waals surface area contributed by atoms with Crippen molar-refractivity contribution in [3.8, 4) is 6.07 Å². The van der Waals surface area contributed by atoms with E-state index >= 15 is 0 Å². The van der Waals surface area contributed by atoms with E-state index in [0.29, 0.717) is 0 Å². The molecule has 6 heteroatoms. The van der Waals surface area contributed by atoms with Gasteiger partial charge in [-0.3, -0.25) is 10.1 Å². The largest absolute Gasteiger partial charge is 0.372 e. The number of nitriles is 1. The molecule has 2 rings (SSSR count). The fraction of sp³-hybridized carbons (Fsp3) is 0.562. The number of nitro groups is 1. The van der Waals surface area contributed by atoms with Crippen LogP contribution in [0.5, 0.6) is 0 Å². The highest BCUT2D eigenvalue weighted by molar-refractivity contribution is 5.60. The molecule has 1 aromatic carbocycles. The van der Waals surface area contributed by atoms with Crippen LogP contribution in [0.2, 0.25) is 0 Å². The van der Waals surface area contributed by atoms with Crippen LogP contribution >= 0.6 is 0 Å². The van der Waals surface area contributed by atoms with Gasteiger partial charge in [-0.25, -0.2) is 0 Å². The molecule has 0 bridgehead atoms. The van der Waals surface area contributed by atoms with Crippen molar-refractivity contribution in [1.29, 1.82) is 5.26 Å². The Morgan fingerprint density at radius 2 is 2.00 bits per heavy atom. The van der Waals surface area contributed by atoms with Gasteiger partial charge in [-0.2, -0.15) is 5.26 Å². The molecule has 0 aliphatic carbocycles. The highest BCUT2D eigenvalue weighted by Crippen LogP contribution is 2.28. The van der Waals surface area contributed by atoms with E-state index in [1.165, 1.54) is 6.07 Å². The summed E-state index contributed by atoms with van der Waals surface area (Å²) in [4.78, 5) is 12.5. The molecule has 1 aliphatic heterocycles. The molecular formula is C16H21N3O3. The second kappa shape index (κ2) is 6.32. The predicted octanol–water partition coefficient (Wildman–Crippen LogP) is 3.25. The third kappa shape index (κ3) is 3.95. The molecular weight excluding hydrogens is 282 g/mol. The topological polar surface area (TPSA) is 79.4 Å². The summed E-state index contributed by atoms with van der Waals surface area (Å²) in [5.41, 5.74) is 0.679. The monoisotopic (exact) mass is 303 g/mol. The second-order valence-electron chi connectivity index (χ2n) is 6.49.